The third-order valence-corrected chi connectivity index (χ3v) is 4.04. The normalized spacial score (nSPS) is 10.4. The monoisotopic (exact) mass is 296 g/mol. The van der Waals surface area contributed by atoms with Gasteiger partial charge < -0.3 is 5.11 Å². The molecule has 2 aromatic rings. The van der Waals surface area contributed by atoms with Gasteiger partial charge in [-0.15, -0.1) is 11.3 Å². The van der Waals surface area contributed by atoms with Crippen molar-refractivity contribution in [2.45, 2.75) is 6.92 Å². The number of hydrogen-bond acceptors (Lipinski definition) is 2. The quantitative estimate of drug-likeness (QED) is 0.902. The topological polar surface area (TPSA) is 37.3 Å². The van der Waals surface area contributed by atoms with E-state index in [1.807, 2.05) is 31.2 Å². The summed E-state index contributed by atoms with van der Waals surface area (Å²) in [6, 6.07) is 9.58. The van der Waals surface area contributed by atoms with E-state index in [4.69, 9.17) is 5.11 Å². The third kappa shape index (κ3) is 2.18. The molecule has 0 radical (unpaired) electrons. The molecule has 1 heterocycles. The molecule has 2 nitrogen and oxygen atoms in total. The molecule has 0 aliphatic rings. The van der Waals surface area contributed by atoms with Gasteiger partial charge in [0.2, 0.25) is 0 Å². The summed E-state index contributed by atoms with van der Waals surface area (Å²) in [6.07, 6.45) is 0. The Balaban J connectivity index is 2.47. The Morgan fingerprint density at radius 1 is 1.31 bits per heavy atom. The number of aromatic carboxylic acids is 1. The highest BCUT2D eigenvalue weighted by Crippen LogP contribution is 2.32. The van der Waals surface area contributed by atoms with Crippen LogP contribution in [0.1, 0.15) is 15.2 Å². The fourth-order valence-electron chi connectivity index (χ4n) is 1.48. The minimum Gasteiger partial charge on any atom is -0.477 e. The maximum Gasteiger partial charge on any atom is 0.345 e. The van der Waals surface area contributed by atoms with E-state index in [0.717, 1.165) is 20.5 Å². The molecule has 1 aromatic carbocycles. The van der Waals surface area contributed by atoms with Crippen LogP contribution in [0.25, 0.3) is 10.4 Å². The summed E-state index contributed by atoms with van der Waals surface area (Å²) in [4.78, 5) is 12.3. The molecule has 0 saturated carbocycles. The zero-order valence-electron chi connectivity index (χ0n) is 8.53. The summed E-state index contributed by atoms with van der Waals surface area (Å²) >= 11 is 4.69. The molecular formula is C12H9BrO2S. The number of carbonyl (C=O) groups is 1. The zero-order chi connectivity index (χ0) is 11.7. The van der Waals surface area contributed by atoms with E-state index in [9.17, 15) is 4.79 Å². The number of carboxylic acid groups (broad SMARTS) is 1. The lowest BCUT2D eigenvalue weighted by Crippen LogP contribution is -1.89. The number of rotatable bonds is 2. The molecule has 0 unspecified atom stereocenters. The van der Waals surface area contributed by atoms with Gasteiger partial charge in [-0.2, -0.15) is 0 Å². The highest BCUT2D eigenvalue weighted by Gasteiger charge is 2.12. The van der Waals surface area contributed by atoms with Crippen LogP contribution < -0.4 is 0 Å². The molecule has 0 aliphatic heterocycles. The molecule has 16 heavy (non-hydrogen) atoms. The van der Waals surface area contributed by atoms with Crippen LogP contribution in [0.15, 0.2) is 34.8 Å². The van der Waals surface area contributed by atoms with Crippen LogP contribution in [0.3, 0.4) is 0 Å². The first kappa shape index (κ1) is 11.4. The lowest BCUT2D eigenvalue weighted by Gasteiger charge is -1.99. The van der Waals surface area contributed by atoms with E-state index in [-0.39, 0.29) is 0 Å². The number of carboxylic acids is 1. The molecule has 0 atom stereocenters. The molecule has 1 N–H and O–H groups in total. The second-order valence-corrected chi connectivity index (χ2v) is 5.40. The molecule has 0 fully saturated rings. The average Bonchev–Trinajstić information content (AvgIpc) is 2.62. The van der Waals surface area contributed by atoms with E-state index in [2.05, 4.69) is 15.9 Å². The van der Waals surface area contributed by atoms with Crippen LogP contribution >= 0.6 is 27.3 Å². The summed E-state index contributed by atoms with van der Waals surface area (Å²) in [6.45, 7) is 1.93. The van der Waals surface area contributed by atoms with Gasteiger partial charge in [-0.3, -0.25) is 0 Å². The van der Waals surface area contributed by atoms with E-state index in [0.29, 0.717) is 4.88 Å². The standard InChI is InChI=1S/C12H9BrO2S/c1-7-6-10(12(14)15)16-11(7)8-2-4-9(13)5-3-8/h2-6H,1H3,(H,14,15). The number of halogens is 1. The number of benzene rings is 1. The van der Waals surface area contributed by atoms with Gasteiger partial charge in [0.05, 0.1) is 0 Å². The van der Waals surface area contributed by atoms with Gasteiger partial charge in [-0.25, -0.2) is 4.79 Å². The van der Waals surface area contributed by atoms with E-state index in [1.165, 1.54) is 11.3 Å². The number of thiophene rings is 1. The molecule has 82 valence electrons. The molecule has 0 bridgehead atoms. The fraction of sp³-hybridized carbons (Fsp3) is 0.0833. The van der Waals surface area contributed by atoms with Crippen molar-refractivity contribution in [2.24, 2.45) is 0 Å². The van der Waals surface area contributed by atoms with Crippen molar-refractivity contribution in [3.8, 4) is 10.4 Å². The zero-order valence-corrected chi connectivity index (χ0v) is 10.9. The van der Waals surface area contributed by atoms with Crippen molar-refractivity contribution in [3.63, 3.8) is 0 Å². The Morgan fingerprint density at radius 3 is 2.44 bits per heavy atom. The molecule has 2 rings (SSSR count). The van der Waals surface area contributed by atoms with Gasteiger partial charge in [-0.1, -0.05) is 28.1 Å². The Hall–Kier alpha value is -1.13. The maximum absolute atomic E-state index is 10.9. The van der Waals surface area contributed by atoms with Crippen LogP contribution in [0.4, 0.5) is 0 Å². The highest BCUT2D eigenvalue weighted by molar-refractivity contribution is 9.10. The lowest BCUT2D eigenvalue weighted by atomic mass is 10.1. The van der Waals surface area contributed by atoms with Crippen LogP contribution in [0.5, 0.6) is 0 Å². The first-order valence-electron chi connectivity index (χ1n) is 4.67. The molecule has 0 spiro atoms. The highest BCUT2D eigenvalue weighted by atomic mass is 79.9. The summed E-state index contributed by atoms with van der Waals surface area (Å²) in [7, 11) is 0. The van der Waals surface area contributed by atoms with Crippen LogP contribution in [-0.2, 0) is 0 Å². The van der Waals surface area contributed by atoms with Gasteiger partial charge in [-0.05, 0) is 36.2 Å². The Bertz CT molecular complexity index is 528. The minimum atomic E-state index is -0.864. The van der Waals surface area contributed by atoms with Crippen molar-refractivity contribution in [2.75, 3.05) is 0 Å². The van der Waals surface area contributed by atoms with Gasteiger partial charge in [0.15, 0.2) is 0 Å². The second-order valence-electron chi connectivity index (χ2n) is 3.43. The van der Waals surface area contributed by atoms with Gasteiger partial charge in [0.25, 0.3) is 0 Å². The molecular weight excluding hydrogens is 288 g/mol. The summed E-state index contributed by atoms with van der Waals surface area (Å²) < 4.78 is 1.02. The Kier molecular flexibility index (Phi) is 3.12. The van der Waals surface area contributed by atoms with E-state index < -0.39 is 5.97 Å². The first-order chi connectivity index (χ1) is 7.58. The van der Waals surface area contributed by atoms with Crippen LogP contribution in [-0.4, -0.2) is 11.1 Å². The first-order valence-corrected chi connectivity index (χ1v) is 6.28. The Morgan fingerprint density at radius 2 is 1.94 bits per heavy atom. The predicted molar refractivity (Wildman–Crippen MR) is 69.2 cm³/mol. The average molecular weight is 297 g/mol. The SMILES string of the molecule is Cc1cc(C(=O)O)sc1-c1ccc(Br)cc1. The largest absolute Gasteiger partial charge is 0.477 e. The van der Waals surface area contributed by atoms with Crippen LogP contribution in [0, 0.1) is 6.92 Å². The number of aryl methyl sites for hydroxylation is 1. The molecule has 0 saturated heterocycles. The van der Waals surface area contributed by atoms with Crippen molar-refractivity contribution >= 4 is 33.2 Å². The van der Waals surface area contributed by atoms with Crippen molar-refractivity contribution in [3.05, 3.63) is 45.2 Å². The van der Waals surface area contributed by atoms with E-state index in [1.54, 1.807) is 6.07 Å². The van der Waals surface area contributed by atoms with Gasteiger partial charge in [0.1, 0.15) is 4.88 Å². The van der Waals surface area contributed by atoms with Crippen molar-refractivity contribution < 1.29 is 9.90 Å². The number of hydrogen-bond donors (Lipinski definition) is 1. The van der Waals surface area contributed by atoms with Crippen molar-refractivity contribution in [1.29, 1.82) is 0 Å². The second kappa shape index (κ2) is 4.39. The fourth-order valence-corrected chi connectivity index (χ4v) is 2.76. The Labute approximate surface area is 106 Å². The predicted octanol–water partition coefficient (Wildman–Crippen LogP) is 4.18. The van der Waals surface area contributed by atoms with Crippen molar-refractivity contribution in [1.82, 2.24) is 0 Å². The van der Waals surface area contributed by atoms with E-state index >= 15 is 0 Å². The van der Waals surface area contributed by atoms with Crippen LogP contribution in [0.2, 0.25) is 0 Å². The molecule has 0 aliphatic carbocycles. The molecule has 0 amide bonds. The van der Waals surface area contributed by atoms with Gasteiger partial charge >= 0.3 is 5.97 Å². The minimum absolute atomic E-state index is 0.385. The molecule has 1 aromatic heterocycles. The maximum atomic E-state index is 10.9. The summed E-state index contributed by atoms with van der Waals surface area (Å²) in [5.41, 5.74) is 2.06. The third-order valence-electron chi connectivity index (χ3n) is 2.23. The summed E-state index contributed by atoms with van der Waals surface area (Å²) in [5, 5.41) is 8.92. The molecule has 4 heteroatoms. The summed E-state index contributed by atoms with van der Waals surface area (Å²) in [5.74, 6) is -0.864. The van der Waals surface area contributed by atoms with Gasteiger partial charge in [0, 0.05) is 9.35 Å². The smallest absolute Gasteiger partial charge is 0.345 e. The lowest BCUT2D eigenvalue weighted by molar-refractivity contribution is 0.0702.